The van der Waals surface area contributed by atoms with Crippen molar-refractivity contribution in [2.24, 2.45) is 0 Å². The van der Waals surface area contributed by atoms with Crippen molar-refractivity contribution in [2.45, 2.75) is 20.8 Å². The van der Waals surface area contributed by atoms with E-state index < -0.39 is 0 Å². The van der Waals surface area contributed by atoms with Crippen LogP contribution in [0, 0.1) is 20.8 Å². The Hall–Kier alpha value is -4.50. The molecule has 3 aromatic heterocycles. The van der Waals surface area contributed by atoms with Crippen molar-refractivity contribution in [3.05, 3.63) is 102 Å². The van der Waals surface area contributed by atoms with Crippen LogP contribution in [0.25, 0.3) is 71.1 Å². The first-order chi connectivity index (χ1) is 17.6. The summed E-state index contributed by atoms with van der Waals surface area (Å²) in [5.74, 6) is 0. The molecular formula is C33H25N3. The van der Waals surface area contributed by atoms with Gasteiger partial charge >= 0.3 is 0 Å². The van der Waals surface area contributed by atoms with Gasteiger partial charge in [0.05, 0.1) is 27.8 Å². The smallest absolute Gasteiger partial charge is 0.0567 e. The molecule has 8 aromatic rings. The fourth-order valence-corrected chi connectivity index (χ4v) is 6.59. The normalized spacial score (nSPS) is 12.3. The van der Waals surface area contributed by atoms with Crippen LogP contribution in [0.1, 0.15) is 16.7 Å². The molecule has 0 saturated heterocycles. The quantitative estimate of drug-likeness (QED) is 0.244. The second kappa shape index (κ2) is 6.79. The molecule has 2 N–H and O–H groups in total. The number of rotatable bonds is 1. The molecular weight excluding hydrogens is 438 g/mol. The molecule has 0 bridgehead atoms. The van der Waals surface area contributed by atoms with Gasteiger partial charge in [-0.25, -0.2) is 0 Å². The molecule has 0 saturated carbocycles. The first-order valence-electron chi connectivity index (χ1n) is 12.6. The van der Waals surface area contributed by atoms with E-state index in [1.807, 2.05) is 0 Å². The van der Waals surface area contributed by atoms with Gasteiger partial charge in [-0.2, -0.15) is 0 Å². The highest BCUT2D eigenvalue weighted by Crippen LogP contribution is 2.43. The summed E-state index contributed by atoms with van der Waals surface area (Å²) in [6.45, 7) is 6.64. The Labute approximate surface area is 208 Å². The first kappa shape index (κ1) is 19.8. The van der Waals surface area contributed by atoms with Gasteiger partial charge in [0.25, 0.3) is 0 Å². The van der Waals surface area contributed by atoms with Gasteiger partial charge in [-0.3, -0.25) is 0 Å². The Morgan fingerprint density at radius 1 is 0.528 bits per heavy atom. The van der Waals surface area contributed by atoms with E-state index in [0.29, 0.717) is 0 Å². The molecule has 0 radical (unpaired) electrons. The number of aryl methyl sites for hydroxylation is 3. The Balaban J connectivity index is 1.68. The lowest BCUT2D eigenvalue weighted by Crippen LogP contribution is -2.00. The maximum absolute atomic E-state index is 3.79. The monoisotopic (exact) mass is 463 g/mol. The molecule has 3 heteroatoms. The van der Waals surface area contributed by atoms with Crippen LogP contribution < -0.4 is 0 Å². The summed E-state index contributed by atoms with van der Waals surface area (Å²) < 4.78 is 2.48. The highest BCUT2D eigenvalue weighted by Gasteiger charge is 2.22. The molecule has 0 atom stereocenters. The van der Waals surface area contributed by atoms with E-state index in [-0.39, 0.29) is 0 Å². The molecule has 0 amide bonds. The molecule has 3 heterocycles. The van der Waals surface area contributed by atoms with Gasteiger partial charge < -0.3 is 14.5 Å². The number of aromatic amines is 2. The maximum atomic E-state index is 3.79. The van der Waals surface area contributed by atoms with Gasteiger partial charge in [-0.05, 0) is 56.2 Å². The summed E-state index contributed by atoms with van der Waals surface area (Å²) in [5, 5.41) is 7.61. The lowest BCUT2D eigenvalue weighted by Gasteiger charge is -2.15. The Kier molecular flexibility index (Phi) is 3.73. The zero-order valence-electron chi connectivity index (χ0n) is 20.5. The van der Waals surface area contributed by atoms with Crippen LogP contribution in [0.5, 0.6) is 0 Å². The zero-order chi connectivity index (χ0) is 24.1. The Morgan fingerprint density at radius 2 is 1.00 bits per heavy atom. The second-order valence-corrected chi connectivity index (χ2v) is 10.2. The molecule has 5 aromatic carbocycles. The van der Waals surface area contributed by atoms with E-state index in [0.717, 1.165) is 0 Å². The summed E-state index contributed by atoms with van der Waals surface area (Å²) in [7, 11) is 0. The van der Waals surface area contributed by atoms with Gasteiger partial charge in [0, 0.05) is 43.4 Å². The van der Waals surface area contributed by atoms with Crippen LogP contribution >= 0.6 is 0 Å². The predicted molar refractivity (Wildman–Crippen MR) is 154 cm³/mol. The zero-order valence-corrected chi connectivity index (χ0v) is 20.5. The summed E-state index contributed by atoms with van der Waals surface area (Å²) in [6, 6.07) is 31.0. The van der Waals surface area contributed by atoms with Crippen molar-refractivity contribution in [1.29, 1.82) is 0 Å². The molecule has 8 rings (SSSR count). The minimum Gasteiger partial charge on any atom is -0.354 e. The average Bonchev–Trinajstić information content (AvgIpc) is 3.53. The van der Waals surface area contributed by atoms with Gasteiger partial charge in [0.1, 0.15) is 0 Å². The Morgan fingerprint density at radius 3 is 1.50 bits per heavy atom. The van der Waals surface area contributed by atoms with Crippen molar-refractivity contribution in [3.63, 3.8) is 0 Å². The molecule has 172 valence electrons. The minimum atomic E-state index is 1.17. The highest BCUT2D eigenvalue weighted by molar-refractivity contribution is 6.32. The van der Waals surface area contributed by atoms with Crippen molar-refractivity contribution in [3.8, 4) is 5.69 Å². The number of para-hydroxylation sites is 2. The SMILES string of the molecule is Cc1cc(C)c(-n2c3ccc4c5ccccc5[nH]c4c3c3c4[nH]c5ccccc5c4ccc32)c(C)c1. The summed E-state index contributed by atoms with van der Waals surface area (Å²) >= 11 is 0. The summed E-state index contributed by atoms with van der Waals surface area (Å²) in [6.07, 6.45) is 0. The van der Waals surface area contributed by atoms with Crippen molar-refractivity contribution in [1.82, 2.24) is 14.5 Å². The van der Waals surface area contributed by atoms with E-state index in [9.17, 15) is 0 Å². The first-order valence-corrected chi connectivity index (χ1v) is 12.6. The molecule has 0 aliphatic rings. The van der Waals surface area contributed by atoms with E-state index in [1.165, 1.54) is 87.8 Å². The van der Waals surface area contributed by atoms with E-state index in [1.54, 1.807) is 0 Å². The van der Waals surface area contributed by atoms with Crippen LogP contribution in [0.15, 0.2) is 84.9 Å². The van der Waals surface area contributed by atoms with E-state index in [4.69, 9.17) is 0 Å². The number of H-pyrrole nitrogens is 2. The molecule has 0 aliphatic heterocycles. The number of aromatic nitrogens is 3. The number of nitrogens with one attached hydrogen (secondary N) is 2. The third kappa shape index (κ3) is 2.42. The molecule has 36 heavy (non-hydrogen) atoms. The topological polar surface area (TPSA) is 36.5 Å². The number of benzene rings is 5. The maximum Gasteiger partial charge on any atom is 0.0567 e. The Bertz CT molecular complexity index is 2030. The molecule has 0 aliphatic carbocycles. The third-order valence-corrected chi connectivity index (χ3v) is 7.91. The third-order valence-electron chi connectivity index (χ3n) is 7.91. The summed E-state index contributed by atoms with van der Waals surface area (Å²) in [5.41, 5.74) is 12.4. The van der Waals surface area contributed by atoms with E-state index >= 15 is 0 Å². The predicted octanol–water partition coefficient (Wildman–Crippen LogP) is 8.98. The lowest BCUT2D eigenvalue weighted by molar-refractivity contribution is 1.11. The average molecular weight is 464 g/mol. The standard InChI is InChI=1S/C33H25N3/c1-18-16-19(2)33(20(3)17-18)36-27-14-12-23-21-8-4-6-10-25(21)34-31(23)29(27)30-28(36)15-13-24-22-9-5-7-11-26(22)35-32(24)30/h4-17,34-35H,1-3H3. The van der Waals surface area contributed by atoms with Crippen LogP contribution in [0.2, 0.25) is 0 Å². The minimum absolute atomic E-state index is 1.17. The fourth-order valence-electron chi connectivity index (χ4n) is 6.59. The van der Waals surface area contributed by atoms with Gasteiger partial charge in [-0.15, -0.1) is 0 Å². The number of fused-ring (bicyclic) bond motifs is 11. The fraction of sp³-hybridized carbons (Fsp3) is 0.0909. The largest absolute Gasteiger partial charge is 0.354 e. The second-order valence-electron chi connectivity index (χ2n) is 10.2. The van der Waals surface area contributed by atoms with E-state index in [2.05, 4.69) is 120 Å². The molecule has 3 nitrogen and oxygen atoms in total. The van der Waals surface area contributed by atoms with Gasteiger partial charge in [-0.1, -0.05) is 66.2 Å². The van der Waals surface area contributed by atoms with Crippen molar-refractivity contribution >= 4 is 65.4 Å². The number of nitrogens with zero attached hydrogens (tertiary/aromatic N) is 1. The highest BCUT2D eigenvalue weighted by atomic mass is 15.0. The molecule has 0 spiro atoms. The summed E-state index contributed by atoms with van der Waals surface area (Å²) in [4.78, 5) is 7.58. The van der Waals surface area contributed by atoms with Crippen LogP contribution in [-0.2, 0) is 0 Å². The number of hydrogen-bond donors (Lipinski definition) is 2. The van der Waals surface area contributed by atoms with Crippen molar-refractivity contribution < 1.29 is 0 Å². The van der Waals surface area contributed by atoms with Gasteiger partial charge in [0.15, 0.2) is 0 Å². The number of hydrogen-bond acceptors (Lipinski definition) is 0. The van der Waals surface area contributed by atoms with Crippen LogP contribution in [0.3, 0.4) is 0 Å². The van der Waals surface area contributed by atoms with Crippen LogP contribution in [0.4, 0.5) is 0 Å². The van der Waals surface area contributed by atoms with Crippen LogP contribution in [-0.4, -0.2) is 14.5 Å². The molecule has 0 fully saturated rings. The molecule has 0 unspecified atom stereocenters. The lowest BCUT2D eigenvalue weighted by atomic mass is 10.0. The van der Waals surface area contributed by atoms with Gasteiger partial charge in [0.2, 0.25) is 0 Å². The van der Waals surface area contributed by atoms with Crippen molar-refractivity contribution in [2.75, 3.05) is 0 Å².